The van der Waals surface area contributed by atoms with Crippen LogP contribution in [0.5, 0.6) is 0 Å². The number of hydrogen-bond acceptors (Lipinski definition) is 4. The zero-order chi connectivity index (χ0) is 19.2. The summed E-state index contributed by atoms with van der Waals surface area (Å²) in [5.41, 5.74) is 2.29. The lowest BCUT2D eigenvalue weighted by atomic mass is 10.0. The number of sulfone groups is 1. The van der Waals surface area contributed by atoms with Gasteiger partial charge in [0.1, 0.15) is 0 Å². The highest BCUT2D eigenvalue weighted by atomic mass is 32.2. The van der Waals surface area contributed by atoms with Crippen LogP contribution in [0.1, 0.15) is 23.6 Å². The molecular formula is C20H26N2O3S. The zero-order valence-electron chi connectivity index (χ0n) is 15.5. The summed E-state index contributed by atoms with van der Waals surface area (Å²) in [5, 5.41) is 2.86. The molecule has 1 unspecified atom stereocenters. The molecule has 1 atom stereocenters. The van der Waals surface area contributed by atoms with Crippen molar-refractivity contribution < 1.29 is 13.2 Å². The summed E-state index contributed by atoms with van der Waals surface area (Å²) >= 11 is 0. The van der Waals surface area contributed by atoms with Crippen molar-refractivity contribution in [3.05, 3.63) is 65.7 Å². The van der Waals surface area contributed by atoms with Crippen molar-refractivity contribution in [3.8, 4) is 0 Å². The van der Waals surface area contributed by atoms with Gasteiger partial charge in [-0.3, -0.25) is 4.79 Å². The van der Waals surface area contributed by atoms with Crippen molar-refractivity contribution in [2.75, 3.05) is 26.4 Å². The van der Waals surface area contributed by atoms with Gasteiger partial charge in [-0.25, -0.2) is 8.42 Å². The molecule has 1 amide bonds. The van der Waals surface area contributed by atoms with E-state index in [0.29, 0.717) is 6.54 Å². The van der Waals surface area contributed by atoms with Crippen LogP contribution in [0.4, 0.5) is 0 Å². The monoisotopic (exact) mass is 374 g/mol. The second kappa shape index (κ2) is 8.96. The highest BCUT2D eigenvalue weighted by molar-refractivity contribution is 7.91. The van der Waals surface area contributed by atoms with Crippen LogP contribution in [0.15, 0.2) is 59.5 Å². The Kier molecular flexibility index (Phi) is 6.94. The van der Waals surface area contributed by atoms with Crippen LogP contribution in [-0.4, -0.2) is 45.6 Å². The Labute approximate surface area is 156 Å². The predicted molar refractivity (Wildman–Crippen MR) is 104 cm³/mol. The number of benzene rings is 2. The van der Waals surface area contributed by atoms with Crippen molar-refractivity contribution in [1.29, 1.82) is 0 Å². The molecule has 0 saturated carbocycles. The molecule has 0 spiro atoms. The fraction of sp³-hybridized carbons (Fsp3) is 0.350. The van der Waals surface area contributed by atoms with Gasteiger partial charge in [-0.15, -0.1) is 0 Å². The molecule has 2 aromatic rings. The van der Waals surface area contributed by atoms with Crippen molar-refractivity contribution in [1.82, 2.24) is 10.2 Å². The molecule has 6 heteroatoms. The topological polar surface area (TPSA) is 66.5 Å². The van der Waals surface area contributed by atoms with Crippen molar-refractivity contribution in [3.63, 3.8) is 0 Å². The summed E-state index contributed by atoms with van der Waals surface area (Å²) in [6, 6.07) is 16.4. The molecule has 0 bridgehead atoms. The van der Waals surface area contributed by atoms with E-state index in [-0.39, 0.29) is 29.0 Å². The Balaban J connectivity index is 1.91. The lowest BCUT2D eigenvalue weighted by Crippen LogP contribution is -2.35. The number of nitrogens with one attached hydrogen (secondary N) is 1. The van der Waals surface area contributed by atoms with E-state index in [2.05, 4.69) is 5.32 Å². The summed E-state index contributed by atoms with van der Waals surface area (Å²) in [6.07, 6.45) is -0.0503. The highest BCUT2D eigenvalue weighted by Crippen LogP contribution is 2.18. The van der Waals surface area contributed by atoms with Crippen LogP contribution in [-0.2, 0) is 14.6 Å². The molecule has 0 aliphatic rings. The maximum atomic E-state index is 12.2. The van der Waals surface area contributed by atoms with E-state index < -0.39 is 9.84 Å². The van der Waals surface area contributed by atoms with Crippen LogP contribution < -0.4 is 5.32 Å². The molecule has 0 aromatic heterocycles. The van der Waals surface area contributed by atoms with Gasteiger partial charge in [0.2, 0.25) is 5.91 Å². The number of likely N-dealkylation sites (N-methyl/N-ethyl adjacent to an activating group) is 1. The standard InChI is InChI=1S/C20H26N2O3S/c1-16-9-11-17(12-10-16)19(22(2)3)15-21-20(23)13-14-26(24,25)18-7-5-4-6-8-18/h4-12,19H,13-15H2,1-3H3,(H,21,23). The first-order valence-corrected chi connectivity index (χ1v) is 10.2. The number of aryl methyl sites for hydroxylation is 1. The van der Waals surface area contributed by atoms with E-state index in [4.69, 9.17) is 0 Å². The lowest BCUT2D eigenvalue weighted by molar-refractivity contribution is -0.120. The Hall–Kier alpha value is -2.18. The second-order valence-electron chi connectivity index (χ2n) is 6.58. The van der Waals surface area contributed by atoms with Gasteiger partial charge in [-0.1, -0.05) is 48.0 Å². The van der Waals surface area contributed by atoms with E-state index in [1.807, 2.05) is 50.2 Å². The van der Waals surface area contributed by atoms with Gasteiger partial charge in [0.15, 0.2) is 9.84 Å². The van der Waals surface area contributed by atoms with Crippen LogP contribution >= 0.6 is 0 Å². The molecular weight excluding hydrogens is 348 g/mol. The molecule has 1 N–H and O–H groups in total. The summed E-state index contributed by atoms with van der Waals surface area (Å²) in [6.45, 7) is 2.46. The quantitative estimate of drug-likeness (QED) is 0.771. The van der Waals surface area contributed by atoms with Gasteiger partial charge in [-0.2, -0.15) is 0 Å². The van der Waals surface area contributed by atoms with Gasteiger partial charge < -0.3 is 10.2 Å². The van der Waals surface area contributed by atoms with E-state index in [1.54, 1.807) is 30.3 Å². The Morgan fingerprint density at radius 1 is 1.04 bits per heavy atom. The average Bonchev–Trinajstić information content (AvgIpc) is 2.62. The highest BCUT2D eigenvalue weighted by Gasteiger charge is 2.18. The molecule has 0 aliphatic carbocycles. The Bertz CT molecular complexity index is 816. The summed E-state index contributed by atoms with van der Waals surface area (Å²) in [7, 11) is 0.471. The molecule has 0 fully saturated rings. The van der Waals surface area contributed by atoms with Crippen LogP contribution in [0.3, 0.4) is 0 Å². The Morgan fingerprint density at radius 2 is 1.65 bits per heavy atom. The number of nitrogens with zero attached hydrogens (tertiary/aromatic N) is 1. The largest absolute Gasteiger partial charge is 0.354 e. The normalized spacial score (nSPS) is 12.8. The number of hydrogen-bond donors (Lipinski definition) is 1. The first-order valence-electron chi connectivity index (χ1n) is 8.57. The van der Waals surface area contributed by atoms with Crippen LogP contribution in [0.2, 0.25) is 0 Å². The molecule has 0 aliphatic heterocycles. The van der Waals surface area contributed by atoms with E-state index in [9.17, 15) is 13.2 Å². The van der Waals surface area contributed by atoms with Gasteiger partial charge in [0.25, 0.3) is 0 Å². The van der Waals surface area contributed by atoms with Crippen LogP contribution in [0.25, 0.3) is 0 Å². The fourth-order valence-corrected chi connectivity index (χ4v) is 3.92. The molecule has 26 heavy (non-hydrogen) atoms. The molecule has 140 valence electrons. The number of rotatable bonds is 8. The molecule has 2 rings (SSSR count). The number of amides is 1. The van der Waals surface area contributed by atoms with E-state index in [1.165, 1.54) is 5.56 Å². The average molecular weight is 375 g/mol. The molecule has 2 aromatic carbocycles. The molecule has 0 heterocycles. The minimum atomic E-state index is -3.44. The first-order chi connectivity index (χ1) is 12.3. The molecule has 5 nitrogen and oxygen atoms in total. The Morgan fingerprint density at radius 3 is 2.23 bits per heavy atom. The fourth-order valence-electron chi connectivity index (χ4n) is 2.66. The zero-order valence-corrected chi connectivity index (χ0v) is 16.3. The SMILES string of the molecule is Cc1ccc(C(CNC(=O)CCS(=O)(=O)c2ccccc2)N(C)C)cc1. The van der Waals surface area contributed by atoms with Gasteiger partial charge in [-0.05, 0) is 38.7 Å². The summed E-state index contributed by atoms with van der Waals surface area (Å²) in [5.74, 6) is -0.455. The van der Waals surface area contributed by atoms with E-state index >= 15 is 0 Å². The van der Waals surface area contributed by atoms with Gasteiger partial charge in [0.05, 0.1) is 16.7 Å². The number of carbonyl (C=O) groups excluding carboxylic acids is 1. The van der Waals surface area contributed by atoms with Crippen molar-refractivity contribution in [2.24, 2.45) is 0 Å². The number of carbonyl (C=O) groups is 1. The first kappa shape index (κ1) is 20.1. The minimum absolute atomic E-state index is 0.0327. The maximum absolute atomic E-state index is 12.2. The smallest absolute Gasteiger partial charge is 0.221 e. The minimum Gasteiger partial charge on any atom is -0.354 e. The lowest BCUT2D eigenvalue weighted by Gasteiger charge is -2.25. The third-order valence-corrected chi connectivity index (χ3v) is 6.01. The second-order valence-corrected chi connectivity index (χ2v) is 8.69. The van der Waals surface area contributed by atoms with Crippen molar-refractivity contribution >= 4 is 15.7 Å². The predicted octanol–water partition coefficient (Wildman–Crippen LogP) is 2.58. The third kappa shape index (κ3) is 5.68. The van der Waals surface area contributed by atoms with Gasteiger partial charge in [0, 0.05) is 13.0 Å². The van der Waals surface area contributed by atoms with Gasteiger partial charge >= 0.3 is 0 Å². The summed E-state index contributed by atoms with van der Waals surface area (Å²) in [4.78, 5) is 14.4. The van der Waals surface area contributed by atoms with Crippen LogP contribution in [0, 0.1) is 6.92 Å². The maximum Gasteiger partial charge on any atom is 0.221 e. The third-order valence-electron chi connectivity index (χ3n) is 4.28. The summed E-state index contributed by atoms with van der Waals surface area (Å²) < 4.78 is 24.5. The van der Waals surface area contributed by atoms with E-state index in [0.717, 1.165) is 5.56 Å². The van der Waals surface area contributed by atoms with Crippen molar-refractivity contribution in [2.45, 2.75) is 24.3 Å². The molecule has 0 radical (unpaired) electrons. The molecule has 0 saturated heterocycles.